The number of fused-ring (bicyclic) bond motifs is 1. The number of nitrogens with zero attached hydrogens (tertiary/aromatic N) is 2. The SMILES string of the molecule is COc1ccc2ncc(F)c([C@@H](F)CCC3(CC(=O)O)CCN(CCOc4cc(F)cc(F)c4)CC3)c2c1. The summed E-state index contributed by atoms with van der Waals surface area (Å²) in [6.45, 7) is 1.83. The Labute approximate surface area is 218 Å². The molecule has 1 aliphatic heterocycles. The molecule has 0 bridgehead atoms. The zero-order chi connectivity index (χ0) is 27.3. The zero-order valence-corrected chi connectivity index (χ0v) is 21.1. The number of aliphatic carboxylic acids is 1. The van der Waals surface area contributed by atoms with Crippen LogP contribution in [0.2, 0.25) is 0 Å². The average Bonchev–Trinajstić information content (AvgIpc) is 2.87. The van der Waals surface area contributed by atoms with Gasteiger partial charge in [0.05, 0.1) is 25.2 Å². The summed E-state index contributed by atoms with van der Waals surface area (Å²) in [5, 5.41) is 9.89. The van der Waals surface area contributed by atoms with Gasteiger partial charge in [0.2, 0.25) is 0 Å². The molecule has 1 atom stereocenters. The van der Waals surface area contributed by atoms with Crippen LogP contribution < -0.4 is 9.47 Å². The summed E-state index contributed by atoms with van der Waals surface area (Å²) < 4.78 is 67.6. The van der Waals surface area contributed by atoms with E-state index in [1.54, 1.807) is 18.2 Å². The van der Waals surface area contributed by atoms with Crippen LogP contribution in [0.1, 0.15) is 43.8 Å². The fraction of sp³-hybridized carbons (Fsp3) is 0.429. The Morgan fingerprint density at radius 2 is 1.82 bits per heavy atom. The second-order valence-corrected chi connectivity index (χ2v) is 9.77. The lowest BCUT2D eigenvalue weighted by atomic mass is 9.71. The van der Waals surface area contributed by atoms with Gasteiger partial charge in [0.25, 0.3) is 0 Å². The number of carboxylic acids is 1. The van der Waals surface area contributed by atoms with E-state index < -0.39 is 35.0 Å². The largest absolute Gasteiger partial charge is 0.497 e. The number of piperidine rings is 1. The molecule has 0 saturated carbocycles. The molecule has 0 radical (unpaired) electrons. The van der Waals surface area contributed by atoms with E-state index in [-0.39, 0.29) is 37.2 Å². The monoisotopic (exact) mass is 534 g/mol. The van der Waals surface area contributed by atoms with Gasteiger partial charge in [-0.05, 0) is 62.4 Å². The van der Waals surface area contributed by atoms with E-state index in [1.165, 1.54) is 7.11 Å². The Bertz CT molecular complexity index is 1260. The van der Waals surface area contributed by atoms with E-state index in [0.717, 1.165) is 24.4 Å². The molecular weight excluding hydrogens is 504 g/mol. The molecule has 1 saturated heterocycles. The minimum atomic E-state index is -1.64. The third-order valence-corrected chi connectivity index (χ3v) is 7.26. The molecule has 1 fully saturated rings. The highest BCUT2D eigenvalue weighted by Crippen LogP contribution is 2.43. The molecule has 0 unspecified atom stereocenters. The van der Waals surface area contributed by atoms with Crippen LogP contribution >= 0.6 is 0 Å². The van der Waals surface area contributed by atoms with Crippen molar-refractivity contribution in [2.24, 2.45) is 5.41 Å². The van der Waals surface area contributed by atoms with Crippen molar-refractivity contribution in [2.45, 2.75) is 38.3 Å². The highest BCUT2D eigenvalue weighted by Gasteiger charge is 2.37. The predicted octanol–water partition coefficient (Wildman–Crippen LogP) is 6.09. The van der Waals surface area contributed by atoms with Crippen molar-refractivity contribution >= 4 is 16.9 Å². The van der Waals surface area contributed by atoms with Gasteiger partial charge in [-0.25, -0.2) is 17.6 Å². The number of benzene rings is 2. The lowest BCUT2D eigenvalue weighted by Crippen LogP contribution is -2.42. The number of carbonyl (C=O) groups is 1. The molecule has 10 heteroatoms. The topological polar surface area (TPSA) is 71.9 Å². The number of ether oxygens (including phenoxy) is 2. The van der Waals surface area contributed by atoms with Gasteiger partial charge in [-0.3, -0.25) is 14.7 Å². The summed E-state index contributed by atoms with van der Waals surface area (Å²) in [6.07, 6.45) is 0.538. The van der Waals surface area contributed by atoms with Crippen molar-refractivity contribution in [3.8, 4) is 11.5 Å². The molecule has 2 aromatic carbocycles. The van der Waals surface area contributed by atoms with Crippen LogP contribution in [-0.2, 0) is 4.79 Å². The number of carboxylic acid groups (broad SMARTS) is 1. The van der Waals surface area contributed by atoms with E-state index in [1.807, 2.05) is 0 Å². The van der Waals surface area contributed by atoms with Crippen LogP contribution in [0.4, 0.5) is 17.6 Å². The Hall–Kier alpha value is -3.40. The first kappa shape index (κ1) is 27.6. The maximum atomic E-state index is 15.5. The maximum Gasteiger partial charge on any atom is 0.303 e. The highest BCUT2D eigenvalue weighted by atomic mass is 19.1. The van der Waals surface area contributed by atoms with E-state index in [4.69, 9.17) is 9.47 Å². The van der Waals surface area contributed by atoms with Gasteiger partial charge in [0.15, 0.2) is 0 Å². The van der Waals surface area contributed by atoms with E-state index in [9.17, 15) is 23.1 Å². The van der Waals surface area contributed by atoms with Crippen LogP contribution in [0.5, 0.6) is 11.5 Å². The van der Waals surface area contributed by atoms with Crippen molar-refractivity contribution < 1.29 is 36.9 Å². The molecular formula is C28H30F4N2O4. The van der Waals surface area contributed by atoms with Crippen molar-refractivity contribution in [1.29, 1.82) is 0 Å². The fourth-order valence-electron chi connectivity index (χ4n) is 5.18. The minimum absolute atomic E-state index is 0.0330. The predicted molar refractivity (Wildman–Crippen MR) is 134 cm³/mol. The summed E-state index contributed by atoms with van der Waals surface area (Å²) in [5.41, 5.74) is -0.278. The van der Waals surface area contributed by atoms with Gasteiger partial charge < -0.3 is 14.6 Å². The number of alkyl halides is 1. The standard InChI is InChI=1S/C28H30F4N2O4/c1-37-20-2-3-25-22(15-20)27(24(32)17-33-25)23(31)4-5-28(16-26(35)36)6-8-34(9-7-28)10-11-38-21-13-18(29)12-19(30)14-21/h2-3,12-15,17,23H,4-11,16H2,1H3,(H,35,36)/t23-/m0/s1. The Morgan fingerprint density at radius 1 is 1.11 bits per heavy atom. The number of hydrogen-bond donors (Lipinski definition) is 1. The molecule has 2 heterocycles. The molecule has 4 rings (SSSR count). The van der Waals surface area contributed by atoms with Crippen molar-refractivity contribution in [3.05, 3.63) is 65.6 Å². The number of pyridine rings is 1. The van der Waals surface area contributed by atoms with Crippen LogP contribution in [0.3, 0.4) is 0 Å². The summed E-state index contributed by atoms with van der Waals surface area (Å²) in [4.78, 5) is 17.8. The fourth-order valence-corrected chi connectivity index (χ4v) is 5.18. The van der Waals surface area contributed by atoms with Gasteiger partial charge in [-0.15, -0.1) is 0 Å². The summed E-state index contributed by atoms with van der Waals surface area (Å²) in [5.74, 6) is -2.60. The van der Waals surface area contributed by atoms with Gasteiger partial charge in [0, 0.05) is 35.7 Å². The van der Waals surface area contributed by atoms with E-state index in [0.29, 0.717) is 49.1 Å². The molecule has 1 N–H and O–H groups in total. The van der Waals surface area contributed by atoms with Crippen LogP contribution in [0, 0.1) is 22.9 Å². The molecule has 6 nitrogen and oxygen atoms in total. The lowest BCUT2D eigenvalue weighted by Gasteiger charge is -2.41. The Kier molecular flexibility index (Phi) is 8.71. The van der Waals surface area contributed by atoms with Gasteiger partial charge in [-0.2, -0.15) is 0 Å². The van der Waals surface area contributed by atoms with Crippen LogP contribution in [0.25, 0.3) is 10.9 Å². The third-order valence-electron chi connectivity index (χ3n) is 7.26. The molecule has 1 aliphatic rings. The quantitative estimate of drug-likeness (QED) is 0.301. The first-order valence-electron chi connectivity index (χ1n) is 12.5. The highest BCUT2D eigenvalue weighted by molar-refractivity contribution is 5.84. The second-order valence-electron chi connectivity index (χ2n) is 9.77. The number of hydrogen-bond acceptors (Lipinski definition) is 5. The van der Waals surface area contributed by atoms with Gasteiger partial charge >= 0.3 is 5.97 Å². The first-order chi connectivity index (χ1) is 18.2. The molecule has 204 valence electrons. The summed E-state index contributed by atoms with van der Waals surface area (Å²) >= 11 is 0. The van der Waals surface area contributed by atoms with Crippen molar-refractivity contribution in [3.63, 3.8) is 0 Å². The maximum absolute atomic E-state index is 15.5. The first-order valence-corrected chi connectivity index (χ1v) is 12.5. The lowest BCUT2D eigenvalue weighted by molar-refractivity contribution is -0.141. The average molecular weight is 535 g/mol. The van der Waals surface area contributed by atoms with Crippen LogP contribution in [0.15, 0.2) is 42.6 Å². The summed E-state index contributed by atoms with van der Waals surface area (Å²) in [6, 6.07) is 7.84. The molecule has 1 aromatic heterocycles. The molecule has 0 amide bonds. The molecule has 0 aliphatic carbocycles. The third kappa shape index (κ3) is 6.72. The normalized spacial score (nSPS) is 16.3. The van der Waals surface area contributed by atoms with Gasteiger partial charge in [0.1, 0.15) is 41.7 Å². The smallest absolute Gasteiger partial charge is 0.303 e. The summed E-state index contributed by atoms with van der Waals surface area (Å²) in [7, 11) is 1.47. The number of halogens is 4. The Morgan fingerprint density at radius 3 is 2.47 bits per heavy atom. The number of rotatable bonds is 11. The van der Waals surface area contributed by atoms with Crippen molar-refractivity contribution in [2.75, 3.05) is 33.4 Å². The second kappa shape index (κ2) is 12.0. The number of aromatic nitrogens is 1. The van der Waals surface area contributed by atoms with Crippen LogP contribution in [-0.4, -0.2) is 54.3 Å². The van der Waals surface area contributed by atoms with Gasteiger partial charge in [-0.1, -0.05) is 0 Å². The zero-order valence-electron chi connectivity index (χ0n) is 21.1. The Balaban J connectivity index is 1.38. The van der Waals surface area contributed by atoms with E-state index >= 15 is 4.39 Å². The molecule has 0 spiro atoms. The number of methoxy groups -OCH3 is 1. The molecule has 3 aromatic rings. The van der Waals surface area contributed by atoms with Crippen molar-refractivity contribution in [1.82, 2.24) is 9.88 Å². The number of likely N-dealkylation sites (tertiary alicyclic amines) is 1. The van der Waals surface area contributed by atoms with E-state index in [2.05, 4.69) is 9.88 Å². The minimum Gasteiger partial charge on any atom is -0.497 e. The molecule has 38 heavy (non-hydrogen) atoms.